The molecule has 0 bridgehead atoms. The summed E-state index contributed by atoms with van der Waals surface area (Å²) in [4.78, 5) is 20.8. The maximum absolute atomic E-state index is 13.8. The van der Waals surface area contributed by atoms with Gasteiger partial charge in [0.05, 0.1) is 22.9 Å². The molecule has 0 saturated carbocycles. The summed E-state index contributed by atoms with van der Waals surface area (Å²) < 4.78 is 12.3. The van der Waals surface area contributed by atoms with Gasteiger partial charge in [0.1, 0.15) is 6.61 Å². The van der Waals surface area contributed by atoms with Crippen LogP contribution in [0.4, 0.5) is 11.4 Å². The van der Waals surface area contributed by atoms with Crippen LogP contribution in [0, 0.1) is 0 Å². The molecule has 0 unspecified atom stereocenters. The fourth-order valence-corrected chi connectivity index (χ4v) is 5.61. The van der Waals surface area contributed by atoms with Crippen LogP contribution in [0.2, 0.25) is 5.02 Å². The number of para-hydroxylation sites is 2. The number of amides is 1. The smallest absolute Gasteiger partial charge is 0.271 e. The Morgan fingerprint density at radius 1 is 0.951 bits per heavy atom. The van der Waals surface area contributed by atoms with Crippen LogP contribution in [-0.4, -0.2) is 17.7 Å². The minimum absolute atomic E-state index is 0.139. The molecule has 1 aliphatic rings. The highest BCUT2D eigenvalue weighted by molar-refractivity contribution is 8.19. The summed E-state index contributed by atoms with van der Waals surface area (Å²) in [5, 5.41) is 1.25. The van der Waals surface area contributed by atoms with Crippen molar-refractivity contribution in [3.05, 3.63) is 136 Å². The molecule has 206 valence electrons. The van der Waals surface area contributed by atoms with Gasteiger partial charge < -0.3 is 9.47 Å². The molecule has 0 N–H and O–H groups in total. The zero-order valence-corrected chi connectivity index (χ0v) is 24.2. The second kappa shape index (κ2) is 13.4. The second-order valence-corrected chi connectivity index (χ2v) is 10.6. The average molecular weight is 581 g/mol. The van der Waals surface area contributed by atoms with Gasteiger partial charge in [0, 0.05) is 10.6 Å². The minimum Gasteiger partial charge on any atom is -0.490 e. The Kier molecular flexibility index (Phi) is 9.24. The van der Waals surface area contributed by atoms with Crippen molar-refractivity contribution >= 4 is 51.9 Å². The van der Waals surface area contributed by atoms with Crippen LogP contribution < -0.4 is 14.4 Å². The van der Waals surface area contributed by atoms with Gasteiger partial charge in [-0.25, -0.2) is 4.99 Å². The maximum atomic E-state index is 13.8. The molecule has 4 aromatic rings. The fourth-order valence-electron chi connectivity index (χ4n) is 4.40. The standard InChI is InChI=1S/C34H29ClN2O3S/c1-3-12-26-19-25(21-30(39-4-2)32(26)40-23-24-13-11-14-27(35)20-24)22-31-33(38)37(29-17-9-6-10-18-29)34(41-31)36-28-15-7-5-8-16-28/h3,5-11,13-22H,1,4,12,23H2,2H3/b31-22+,36-34?. The van der Waals surface area contributed by atoms with E-state index >= 15 is 0 Å². The van der Waals surface area contributed by atoms with E-state index in [1.165, 1.54) is 11.8 Å². The Morgan fingerprint density at radius 3 is 2.41 bits per heavy atom. The van der Waals surface area contributed by atoms with Crippen molar-refractivity contribution in [1.29, 1.82) is 0 Å². The van der Waals surface area contributed by atoms with Crippen molar-refractivity contribution in [2.45, 2.75) is 20.0 Å². The van der Waals surface area contributed by atoms with Crippen LogP contribution in [0.15, 0.2) is 120 Å². The first-order valence-corrected chi connectivity index (χ1v) is 14.5. The molecule has 1 aliphatic heterocycles. The van der Waals surface area contributed by atoms with Gasteiger partial charge in [-0.05, 0) is 90.8 Å². The lowest BCUT2D eigenvalue weighted by atomic mass is 10.0. The molecular weight excluding hydrogens is 552 g/mol. The predicted molar refractivity (Wildman–Crippen MR) is 170 cm³/mol. The minimum atomic E-state index is -0.139. The average Bonchev–Trinajstić information content (AvgIpc) is 3.27. The van der Waals surface area contributed by atoms with Gasteiger partial charge in [-0.2, -0.15) is 0 Å². The summed E-state index contributed by atoms with van der Waals surface area (Å²) in [6.45, 7) is 6.66. The van der Waals surface area contributed by atoms with Crippen molar-refractivity contribution in [3.8, 4) is 11.5 Å². The summed E-state index contributed by atoms with van der Waals surface area (Å²) in [5.74, 6) is 1.12. The van der Waals surface area contributed by atoms with E-state index in [1.54, 1.807) is 4.90 Å². The van der Waals surface area contributed by atoms with Crippen molar-refractivity contribution in [2.75, 3.05) is 11.5 Å². The van der Waals surface area contributed by atoms with Crippen LogP contribution in [0.5, 0.6) is 11.5 Å². The van der Waals surface area contributed by atoms with Gasteiger partial charge in [-0.1, -0.05) is 66.2 Å². The van der Waals surface area contributed by atoms with Crippen molar-refractivity contribution in [2.24, 2.45) is 4.99 Å². The van der Waals surface area contributed by atoms with E-state index in [2.05, 4.69) is 6.58 Å². The van der Waals surface area contributed by atoms with Gasteiger partial charge in [-0.15, -0.1) is 6.58 Å². The van der Waals surface area contributed by atoms with Gasteiger partial charge in [-0.3, -0.25) is 9.69 Å². The molecule has 7 heteroatoms. The number of hydrogen-bond acceptors (Lipinski definition) is 5. The molecule has 0 spiro atoms. The van der Waals surface area contributed by atoms with Crippen LogP contribution in [0.1, 0.15) is 23.6 Å². The molecule has 0 atom stereocenters. The van der Waals surface area contributed by atoms with E-state index < -0.39 is 0 Å². The summed E-state index contributed by atoms with van der Waals surface area (Å²) in [6, 6.07) is 30.7. The van der Waals surface area contributed by atoms with Crippen LogP contribution in [-0.2, 0) is 17.8 Å². The SMILES string of the molecule is C=CCc1cc(/C=C2/SC(=Nc3ccccc3)N(c3ccccc3)C2=O)cc(OCC)c1OCc1cccc(Cl)c1. The quantitative estimate of drug-likeness (QED) is 0.139. The van der Waals surface area contributed by atoms with Crippen molar-refractivity contribution in [3.63, 3.8) is 0 Å². The molecule has 1 heterocycles. The lowest BCUT2D eigenvalue weighted by molar-refractivity contribution is -0.113. The van der Waals surface area contributed by atoms with E-state index in [-0.39, 0.29) is 5.91 Å². The number of halogens is 1. The molecule has 1 saturated heterocycles. The first-order valence-electron chi connectivity index (χ1n) is 13.3. The lowest BCUT2D eigenvalue weighted by Gasteiger charge is -2.17. The fraction of sp³-hybridized carbons (Fsp3) is 0.118. The van der Waals surface area contributed by atoms with Gasteiger partial charge in [0.2, 0.25) is 0 Å². The highest BCUT2D eigenvalue weighted by atomic mass is 35.5. The molecule has 5 nitrogen and oxygen atoms in total. The normalized spacial score (nSPS) is 15.0. The number of thioether (sulfide) groups is 1. The number of ether oxygens (including phenoxy) is 2. The Morgan fingerprint density at radius 2 is 1.71 bits per heavy atom. The Balaban J connectivity index is 1.52. The number of carbonyl (C=O) groups is 1. The number of benzene rings is 4. The maximum Gasteiger partial charge on any atom is 0.271 e. The molecular formula is C34H29ClN2O3S. The number of carbonyl (C=O) groups excluding carboxylic acids is 1. The Hall–Kier alpha value is -4.26. The largest absolute Gasteiger partial charge is 0.490 e. The van der Waals surface area contributed by atoms with E-state index in [9.17, 15) is 4.79 Å². The number of nitrogens with zero attached hydrogens (tertiary/aromatic N) is 2. The third kappa shape index (κ3) is 6.91. The molecule has 4 aromatic carbocycles. The highest BCUT2D eigenvalue weighted by Gasteiger charge is 2.34. The monoisotopic (exact) mass is 580 g/mol. The van der Waals surface area contributed by atoms with Crippen molar-refractivity contribution < 1.29 is 14.3 Å². The summed E-state index contributed by atoms with van der Waals surface area (Å²) >= 11 is 7.51. The number of allylic oxidation sites excluding steroid dienone is 1. The first-order chi connectivity index (χ1) is 20.1. The molecule has 1 amide bonds. The number of aliphatic imine (C=N–C) groups is 1. The lowest BCUT2D eigenvalue weighted by Crippen LogP contribution is -2.28. The number of hydrogen-bond donors (Lipinski definition) is 0. The van der Waals surface area contributed by atoms with E-state index in [1.807, 2.05) is 116 Å². The van der Waals surface area contributed by atoms with Crippen LogP contribution in [0.3, 0.4) is 0 Å². The zero-order valence-electron chi connectivity index (χ0n) is 22.6. The van der Waals surface area contributed by atoms with Crippen molar-refractivity contribution in [1.82, 2.24) is 0 Å². The number of amidine groups is 1. The third-order valence-electron chi connectivity index (χ3n) is 6.19. The highest BCUT2D eigenvalue weighted by Crippen LogP contribution is 2.40. The molecule has 41 heavy (non-hydrogen) atoms. The molecule has 0 aromatic heterocycles. The molecule has 5 rings (SSSR count). The summed E-state index contributed by atoms with van der Waals surface area (Å²) in [5.41, 5.74) is 4.22. The second-order valence-electron chi connectivity index (χ2n) is 9.17. The van der Waals surface area contributed by atoms with E-state index in [0.717, 1.165) is 28.1 Å². The van der Waals surface area contributed by atoms with Crippen LogP contribution >= 0.6 is 23.4 Å². The van der Waals surface area contributed by atoms with Crippen LogP contribution in [0.25, 0.3) is 6.08 Å². The van der Waals surface area contributed by atoms with Gasteiger partial charge in [0.15, 0.2) is 16.7 Å². The zero-order chi connectivity index (χ0) is 28.6. The summed E-state index contributed by atoms with van der Waals surface area (Å²) in [7, 11) is 0. The Bertz CT molecular complexity index is 1600. The Labute approximate surface area is 249 Å². The molecule has 1 fully saturated rings. The first kappa shape index (κ1) is 28.3. The van der Waals surface area contributed by atoms with E-state index in [0.29, 0.717) is 46.2 Å². The predicted octanol–water partition coefficient (Wildman–Crippen LogP) is 8.85. The van der Waals surface area contributed by atoms with Gasteiger partial charge in [0.25, 0.3) is 5.91 Å². The van der Waals surface area contributed by atoms with E-state index in [4.69, 9.17) is 26.1 Å². The molecule has 0 radical (unpaired) electrons. The number of rotatable bonds is 10. The molecule has 0 aliphatic carbocycles. The topological polar surface area (TPSA) is 51.1 Å². The summed E-state index contributed by atoms with van der Waals surface area (Å²) in [6.07, 6.45) is 4.28. The number of anilines is 1. The third-order valence-corrected chi connectivity index (χ3v) is 7.39. The van der Waals surface area contributed by atoms with Gasteiger partial charge >= 0.3 is 0 Å².